The summed E-state index contributed by atoms with van der Waals surface area (Å²) in [5.74, 6) is 0.615. The van der Waals surface area contributed by atoms with Crippen molar-refractivity contribution in [3.8, 4) is 0 Å². The molecule has 2 heterocycles. The van der Waals surface area contributed by atoms with Gasteiger partial charge in [-0.3, -0.25) is 5.32 Å². The van der Waals surface area contributed by atoms with Crippen molar-refractivity contribution in [1.29, 1.82) is 0 Å². The van der Waals surface area contributed by atoms with Gasteiger partial charge in [0.15, 0.2) is 0 Å². The predicted octanol–water partition coefficient (Wildman–Crippen LogP) is 4.38. The van der Waals surface area contributed by atoms with Crippen LogP contribution in [0.15, 0.2) is 48.7 Å². The molecule has 144 valence electrons. The summed E-state index contributed by atoms with van der Waals surface area (Å²) in [5.41, 5.74) is -0.617. The number of aromatic nitrogens is 2. The first-order chi connectivity index (χ1) is 12.8. The van der Waals surface area contributed by atoms with Crippen LogP contribution in [0.25, 0.3) is 0 Å². The van der Waals surface area contributed by atoms with Crippen molar-refractivity contribution in [2.75, 3.05) is 11.9 Å². The van der Waals surface area contributed by atoms with Crippen LogP contribution in [0.4, 0.5) is 23.8 Å². The molecule has 0 spiro atoms. The summed E-state index contributed by atoms with van der Waals surface area (Å²) >= 11 is 0. The Balaban J connectivity index is 1.77. The fourth-order valence-corrected chi connectivity index (χ4v) is 3.18. The average molecular weight is 378 g/mol. The molecule has 1 aliphatic heterocycles. The van der Waals surface area contributed by atoms with E-state index in [1.807, 2.05) is 26.0 Å². The van der Waals surface area contributed by atoms with Crippen molar-refractivity contribution in [1.82, 2.24) is 14.7 Å². The average Bonchev–Trinajstić information content (AvgIpc) is 3.24. The Kier molecular flexibility index (Phi) is 5.25. The van der Waals surface area contributed by atoms with Crippen molar-refractivity contribution in [2.24, 2.45) is 5.92 Å². The first-order valence-electron chi connectivity index (χ1n) is 8.68. The summed E-state index contributed by atoms with van der Waals surface area (Å²) in [5, 5.41) is 6.83. The molecule has 1 aromatic heterocycles. The molecule has 3 rings (SSSR count). The lowest BCUT2D eigenvalue weighted by molar-refractivity contribution is -0.138. The van der Waals surface area contributed by atoms with Crippen molar-refractivity contribution in [3.05, 3.63) is 59.8 Å². The zero-order valence-corrected chi connectivity index (χ0v) is 15.1. The Morgan fingerprint density at radius 1 is 1.30 bits per heavy atom. The Bertz CT molecular complexity index is 841. The minimum atomic E-state index is -4.45. The second-order valence-electron chi connectivity index (χ2n) is 6.77. The summed E-state index contributed by atoms with van der Waals surface area (Å²) in [6.07, 6.45) is 0.926. The van der Waals surface area contributed by atoms with E-state index >= 15 is 0 Å². The number of nitrogens with one attached hydrogen (secondary N) is 1. The van der Waals surface area contributed by atoms with Crippen molar-refractivity contribution < 1.29 is 18.0 Å². The third-order valence-corrected chi connectivity index (χ3v) is 4.53. The molecule has 27 heavy (non-hydrogen) atoms. The number of alkyl halides is 3. The summed E-state index contributed by atoms with van der Waals surface area (Å²) in [7, 11) is 0. The number of halogens is 3. The Hall–Kier alpha value is -2.77. The van der Waals surface area contributed by atoms with E-state index < -0.39 is 11.7 Å². The molecule has 1 N–H and O–H groups in total. The number of carbonyl (C=O) groups excluding carboxylic acids is 1. The van der Waals surface area contributed by atoms with Crippen LogP contribution >= 0.6 is 0 Å². The highest BCUT2D eigenvalue weighted by Gasteiger charge is 2.33. The first-order valence-corrected chi connectivity index (χ1v) is 8.68. The van der Waals surface area contributed by atoms with Crippen LogP contribution < -0.4 is 5.32 Å². The van der Waals surface area contributed by atoms with Gasteiger partial charge in [0.05, 0.1) is 24.3 Å². The SMILES string of the molecule is CC(C)[C@@H]1C=CCN1C(=O)Nc1ccnn1Cc1ccccc1C(F)(F)F. The number of hydrogen-bond acceptors (Lipinski definition) is 2. The molecular weight excluding hydrogens is 357 g/mol. The molecule has 2 amide bonds. The standard InChI is InChI=1S/C19H21F3N4O/c1-13(2)16-8-5-11-25(16)18(27)24-17-9-10-23-26(17)12-14-6-3-4-7-15(14)19(20,21)22/h3-10,13,16H,11-12H2,1-2H3,(H,24,27)/t16-/m0/s1. The molecule has 0 radical (unpaired) electrons. The lowest BCUT2D eigenvalue weighted by Crippen LogP contribution is -2.42. The van der Waals surface area contributed by atoms with Crippen LogP contribution in [0.5, 0.6) is 0 Å². The number of amides is 2. The van der Waals surface area contributed by atoms with Gasteiger partial charge in [-0.2, -0.15) is 18.3 Å². The largest absolute Gasteiger partial charge is 0.416 e. The number of hydrogen-bond donors (Lipinski definition) is 1. The number of carbonyl (C=O) groups is 1. The molecule has 5 nitrogen and oxygen atoms in total. The van der Waals surface area contributed by atoms with Gasteiger partial charge in [-0.25, -0.2) is 9.48 Å². The van der Waals surface area contributed by atoms with E-state index in [4.69, 9.17) is 0 Å². The van der Waals surface area contributed by atoms with Gasteiger partial charge in [0, 0.05) is 12.6 Å². The molecule has 0 fully saturated rings. The van der Waals surface area contributed by atoms with Crippen LogP contribution in [-0.2, 0) is 12.7 Å². The van der Waals surface area contributed by atoms with E-state index in [1.165, 1.54) is 23.0 Å². The third kappa shape index (κ3) is 4.15. The molecular formula is C19H21F3N4O. The smallest absolute Gasteiger partial charge is 0.314 e. The third-order valence-electron chi connectivity index (χ3n) is 4.53. The summed E-state index contributed by atoms with van der Waals surface area (Å²) in [6, 6.07) is 6.62. The molecule has 0 saturated carbocycles. The number of urea groups is 1. The van der Waals surface area contributed by atoms with Gasteiger partial charge >= 0.3 is 12.2 Å². The van der Waals surface area contributed by atoms with Crippen LogP contribution in [0.2, 0.25) is 0 Å². The molecule has 1 atom stereocenters. The van der Waals surface area contributed by atoms with E-state index in [0.29, 0.717) is 12.4 Å². The maximum absolute atomic E-state index is 13.2. The van der Waals surface area contributed by atoms with Crippen molar-refractivity contribution in [2.45, 2.75) is 32.6 Å². The first kappa shape index (κ1) is 19.0. The van der Waals surface area contributed by atoms with Gasteiger partial charge in [-0.1, -0.05) is 44.2 Å². The van der Waals surface area contributed by atoms with Crippen molar-refractivity contribution >= 4 is 11.8 Å². The maximum Gasteiger partial charge on any atom is 0.416 e. The summed E-state index contributed by atoms with van der Waals surface area (Å²) in [4.78, 5) is 14.3. The Morgan fingerprint density at radius 2 is 2.04 bits per heavy atom. The zero-order valence-electron chi connectivity index (χ0n) is 15.1. The molecule has 0 saturated heterocycles. The summed E-state index contributed by atoms with van der Waals surface area (Å²) in [6.45, 7) is 4.46. The minimum absolute atomic E-state index is 0.00710. The summed E-state index contributed by atoms with van der Waals surface area (Å²) < 4.78 is 41.0. The van der Waals surface area contributed by atoms with E-state index in [0.717, 1.165) is 6.07 Å². The Morgan fingerprint density at radius 3 is 2.74 bits per heavy atom. The fourth-order valence-electron chi connectivity index (χ4n) is 3.18. The van der Waals surface area contributed by atoms with Crippen LogP contribution in [0.3, 0.4) is 0 Å². The highest BCUT2D eigenvalue weighted by Crippen LogP contribution is 2.32. The van der Waals surface area contributed by atoms with Gasteiger partial charge in [0.2, 0.25) is 0 Å². The fraction of sp³-hybridized carbons (Fsp3) is 0.368. The van der Waals surface area contributed by atoms with Crippen LogP contribution in [-0.4, -0.2) is 33.3 Å². The van der Waals surface area contributed by atoms with E-state index in [-0.39, 0.29) is 30.1 Å². The lowest BCUT2D eigenvalue weighted by atomic mass is 10.1. The quantitative estimate of drug-likeness (QED) is 0.803. The van der Waals surface area contributed by atoms with Gasteiger partial charge in [-0.15, -0.1) is 0 Å². The topological polar surface area (TPSA) is 50.2 Å². The molecule has 1 aromatic carbocycles. The predicted molar refractivity (Wildman–Crippen MR) is 96.3 cm³/mol. The molecule has 1 aliphatic rings. The monoisotopic (exact) mass is 378 g/mol. The highest BCUT2D eigenvalue weighted by atomic mass is 19.4. The van der Waals surface area contributed by atoms with Crippen LogP contribution in [0.1, 0.15) is 25.0 Å². The van der Waals surface area contributed by atoms with Gasteiger partial charge in [0.25, 0.3) is 0 Å². The Labute approximate surface area is 155 Å². The zero-order chi connectivity index (χ0) is 19.6. The second-order valence-corrected chi connectivity index (χ2v) is 6.77. The number of anilines is 1. The second kappa shape index (κ2) is 7.46. The number of nitrogens with zero attached hydrogens (tertiary/aromatic N) is 3. The molecule has 0 aliphatic carbocycles. The van der Waals surface area contributed by atoms with Gasteiger partial charge < -0.3 is 4.90 Å². The number of rotatable bonds is 4. The van der Waals surface area contributed by atoms with Crippen LogP contribution in [0, 0.1) is 5.92 Å². The van der Waals surface area contributed by atoms with Gasteiger partial charge in [0.1, 0.15) is 5.82 Å². The van der Waals surface area contributed by atoms with Gasteiger partial charge in [-0.05, 0) is 17.5 Å². The maximum atomic E-state index is 13.2. The van der Waals surface area contributed by atoms with E-state index in [9.17, 15) is 18.0 Å². The molecule has 0 bridgehead atoms. The lowest BCUT2D eigenvalue weighted by Gasteiger charge is -2.27. The van der Waals surface area contributed by atoms with Crippen molar-refractivity contribution in [3.63, 3.8) is 0 Å². The van der Waals surface area contributed by atoms with E-state index in [2.05, 4.69) is 10.4 Å². The number of benzene rings is 1. The molecule has 2 aromatic rings. The highest BCUT2D eigenvalue weighted by molar-refractivity contribution is 5.89. The van der Waals surface area contributed by atoms with E-state index in [1.54, 1.807) is 17.0 Å². The molecule has 0 unspecified atom stereocenters. The molecule has 8 heteroatoms. The minimum Gasteiger partial charge on any atom is -0.314 e. The normalized spacial score (nSPS) is 17.0.